The van der Waals surface area contributed by atoms with Crippen molar-refractivity contribution in [1.82, 2.24) is 18.8 Å². The largest absolute Gasteiger partial charge is 0.343 e. The minimum atomic E-state index is -3.45. The molecule has 26 heavy (non-hydrogen) atoms. The number of likely N-dealkylation sites (tertiary alicyclic amines) is 1. The number of nitrogens with zero attached hydrogens (tertiary/aromatic N) is 3. The zero-order valence-electron chi connectivity index (χ0n) is 15.6. The Balaban J connectivity index is 2.62. The lowest BCUT2D eigenvalue weighted by molar-refractivity contribution is -0.134. The standard InChI is InChI=1S/C14H28N4O6S2/c1-5-26(23,24)15-9-13(19)18-8-6-7-12(18)10-16(2)14(20)11-17(3)25(4,21)22/h12,15H,5-11H2,1-4H3/t12-/m1/s1. The Hall–Kier alpha value is -1.24. The number of hydrogen-bond donors (Lipinski definition) is 1. The molecule has 0 unspecified atom stereocenters. The van der Waals surface area contributed by atoms with Crippen molar-refractivity contribution in [2.24, 2.45) is 0 Å². The summed E-state index contributed by atoms with van der Waals surface area (Å²) in [6.45, 7) is 1.68. The van der Waals surface area contributed by atoms with Crippen LogP contribution < -0.4 is 4.72 Å². The highest BCUT2D eigenvalue weighted by Crippen LogP contribution is 2.18. The van der Waals surface area contributed by atoms with Gasteiger partial charge in [-0.3, -0.25) is 9.59 Å². The van der Waals surface area contributed by atoms with Crippen LogP contribution in [-0.4, -0.2) is 101 Å². The molecule has 0 saturated carbocycles. The number of amides is 2. The summed E-state index contributed by atoms with van der Waals surface area (Å²) in [5.41, 5.74) is 0. The second-order valence-electron chi connectivity index (χ2n) is 6.40. The van der Waals surface area contributed by atoms with Gasteiger partial charge >= 0.3 is 0 Å². The molecular formula is C14H28N4O6S2. The SMILES string of the molecule is CCS(=O)(=O)NCC(=O)N1CCC[C@@H]1CN(C)C(=O)CN(C)S(C)(=O)=O. The molecule has 0 spiro atoms. The van der Waals surface area contributed by atoms with Crippen molar-refractivity contribution in [2.45, 2.75) is 25.8 Å². The van der Waals surface area contributed by atoms with Gasteiger partial charge < -0.3 is 9.80 Å². The summed E-state index contributed by atoms with van der Waals surface area (Å²) in [7, 11) is -4.02. The molecule has 152 valence electrons. The van der Waals surface area contributed by atoms with E-state index >= 15 is 0 Å². The van der Waals surface area contributed by atoms with Gasteiger partial charge in [0.05, 0.1) is 25.1 Å². The van der Waals surface area contributed by atoms with Crippen LogP contribution >= 0.6 is 0 Å². The van der Waals surface area contributed by atoms with Gasteiger partial charge in [0.15, 0.2) is 0 Å². The summed E-state index contributed by atoms with van der Waals surface area (Å²) in [5.74, 6) is -0.808. The Morgan fingerprint density at radius 1 is 1.19 bits per heavy atom. The molecule has 10 nitrogen and oxygen atoms in total. The molecule has 1 N–H and O–H groups in total. The number of sulfonamides is 2. The van der Waals surface area contributed by atoms with E-state index in [0.29, 0.717) is 13.0 Å². The molecule has 0 aliphatic carbocycles. The zero-order valence-corrected chi connectivity index (χ0v) is 17.3. The number of carbonyl (C=O) groups is 2. The summed E-state index contributed by atoms with van der Waals surface area (Å²) >= 11 is 0. The maximum Gasteiger partial charge on any atom is 0.237 e. The van der Waals surface area contributed by atoms with Gasteiger partial charge in [-0.15, -0.1) is 0 Å². The second-order valence-corrected chi connectivity index (χ2v) is 10.6. The zero-order chi connectivity index (χ0) is 20.1. The molecular weight excluding hydrogens is 384 g/mol. The number of likely N-dealkylation sites (N-methyl/N-ethyl adjacent to an activating group) is 2. The molecule has 0 radical (unpaired) electrons. The Labute approximate surface area is 155 Å². The van der Waals surface area contributed by atoms with E-state index in [2.05, 4.69) is 4.72 Å². The Bertz CT molecular complexity index is 722. The lowest BCUT2D eigenvalue weighted by Gasteiger charge is -2.29. The maximum atomic E-state index is 12.3. The first-order valence-corrected chi connectivity index (χ1v) is 11.8. The molecule has 1 fully saturated rings. The summed E-state index contributed by atoms with van der Waals surface area (Å²) in [6, 6.07) is -0.217. The van der Waals surface area contributed by atoms with Crippen LogP contribution in [0.15, 0.2) is 0 Å². The van der Waals surface area contributed by atoms with E-state index < -0.39 is 20.0 Å². The van der Waals surface area contributed by atoms with Crippen molar-refractivity contribution in [1.29, 1.82) is 0 Å². The third-order valence-corrected chi connectivity index (χ3v) is 6.96. The van der Waals surface area contributed by atoms with Gasteiger partial charge in [-0.2, -0.15) is 4.31 Å². The van der Waals surface area contributed by atoms with Gasteiger partial charge in [-0.1, -0.05) is 0 Å². The van der Waals surface area contributed by atoms with E-state index in [-0.39, 0.29) is 43.2 Å². The van der Waals surface area contributed by atoms with Crippen molar-refractivity contribution >= 4 is 31.9 Å². The topological polar surface area (TPSA) is 124 Å². The minimum absolute atomic E-state index is 0.102. The normalized spacial score (nSPS) is 18.3. The highest BCUT2D eigenvalue weighted by atomic mass is 32.2. The van der Waals surface area contributed by atoms with Crippen LogP contribution in [0.3, 0.4) is 0 Å². The van der Waals surface area contributed by atoms with E-state index in [1.54, 1.807) is 11.9 Å². The molecule has 1 rings (SSSR count). The van der Waals surface area contributed by atoms with Crippen LogP contribution in [0, 0.1) is 0 Å². The first-order valence-electron chi connectivity index (χ1n) is 8.29. The highest BCUT2D eigenvalue weighted by molar-refractivity contribution is 7.89. The molecule has 0 aromatic heterocycles. The minimum Gasteiger partial charge on any atom is -0.343 e. The summed E-state index contributed by atoms with van der Waals surface area (Å²) in [4.78, 5) is 27.4. The van der Waals surface area contributed by atoms with Crippen molar-refractivity contribution in [3.05, 3.63) is 0 Å². The number of rotatable bonds is 9. The third-order valence-electron chi connectivity index (χ3n) is 4.36. The van der Waals surface area contributed by atoms with Gasteiger partial charge in [0, 0.05) is 33.2 Å². The van der Waals surface area contributed by atoms with Crippen LogP contribution in [0.1, 0.15) is 19.8 Å². The molecule has 0 aromatic rings. The van der Waals surface area contributed by atoms with E-state index in [1.807, 2.05) is 0 Å². The molecule has 0 aromatic carbocycles. The van der Waals surface area contributed by atoms with Crippen molar-refractivity contribution in [2.75, 3.05) is 52.3 Å². The fraction of sp³-hybridized carbons (Fsp3) is 0.857. The van der Waals surface area contributed by atoms with Gasteiger partial charge in [-0.25, -0.2) is 21.6 Å². The monoisotopic (exact) mass is 412 g/mol. The molecule has 12 heteroatoms. The number of hydrogen-bond acceptors (Lipinski definition) is 6. The summed E-state index contributed by atoms with van der Waals surface area (Å²) < 4.78 is 48.9. The van der Waals surface area contributed by atoms with E-state index in [1.165, 1.54) is 18.9 Å². The van der Waals surface area contributed by atoms with Crippen LogP contribution in [-0.2, 0) is 29.6 Å². The van der Waals surface area contributed by atoms with Gasteiger partial charge in [-0.05, 0) is 19.8 Å². The molecule has 0 bridgehead atoms. The van der Waals surface area contributed by atoms with Crippen LogP contribution in [0.4, 0.5) is 0 Å². The molecule has 2 amide bonds. The van der Waals surface area contributed by atoms with Crippen molar-refractivity contribution < 1.29 is 26.4 Å². The fourth-order valence-electron chi connectivity index (χ4n) is 2.58. The smallest absolute Gasteiger partial charge is 0.237 e. The first kappa shape index (κ1) is 22.8. The fourth-order valence-corrected chi connectivity index (χ4v) is 3.47. The van der Waals surface area contributed by atoms with Crippen molar-refractivity contribution in [3.8, 4) is 0 Å². The average molecular weight is 413 g/mol. The molecule has 1 heterocycles. The highest BCUT2D eigenvalue weighted by Gasteiger charge is 2.31. The maximum absolute atomic E-state index is 12.3. The van der Waals surface area contributed by atoms with E-state index in [0.717, 1.165) is 17.0 Å². The second kappa shape index (κ2) is 9.11. The van der Waals surface area contributed by atoms with E-state index in [4.69, 9.17) is 0 Å². The Morgan fingerprint density at radius 3 is 2.35 bits per heavy atom. The lowest BCUT2D eigenvalue weighted by atomic mass is 10.2. The first-order chi connectivity index (χ1) is 11.9. The van der Waals surface area contributed by atoms with Gasteiger partial charge in [0.25, 0.3) is 0 Å². The third kappa shape index (κ3) is 6.82. The van der Waals surface area contributed by atoms with Crippen LogP contribution in [0.2, 0.25) is 0 Å². The van der Waals surface area contributed by atoms with Crippen LogP contribution in [0.5, 0.6) is 0 Å². The Morgan fingerprint density at radius 2 is 1.81 bits per heavy atom. The Kier molecular flexibility index (Phi) is 7.99. The quantitative estimate of drug-likeness (QED) is 0.480. The van der Waals surface area contributed by atoms with E-state index in [9.17, 15) is 26.4 Å². The predicted octanol–water partition coefficient (Wildman–Crippen LogP) is -1.73. The lowest BCUT2D eigenvalue weighted by Crippen LogP contribution is -2.48. The molecule has 1 saturated heterocycles. The van der Waals surface area contributed by atoms with Crippen LogP contribution in [0.25, 0.3) is 0 Å². The average Bonchev–Trinajstić information content (AvgIpc) is 2.99. The number of nitrogens with one attached hydrogen (secondary N) is 1. The molecule has 1 aliphatic heterocycles. The summed E-state index contributed by atoms with van der Waals surface area (Å²) in [5, 5.41) is 0. The molecule has 1 atom stereocenters. The molecule has 1 aliphatic rings. The summed E-state index contributed by atoms with van der Waals surface area (Å²) in [6.07, 6.45) is 2.49. The predicted molar refractivity (Wildman–Crippen MR) is 97.3 cm³/mol. The van der Waals surface area contributed by atoms with Gasteiger partial charge in [0.1, 0.15) is 0 Å². The van der Waals surface area contributed by atoms with Crippen molar-refractivity contribution in [3.63, 3.8) is 0 Å². The number of carbonyl (C=O) groups excluding carboxylic acids is 2. The van der Waals surface area contributed by atoms with Gasteiger partial charge in [0.2, 0.25) is 31.9 Å².